The van der Waals surface area contributed by atoms with Crippen LogP contribution in [0.25, 0.3) is 72.0 Å². The highest BCUT2D eigenvalue weighted by molar-refractivity contribution is 8.00. The Morgan fingerprint density at radius 3 is 1.71 bits per heavy atom. The molecule has 1 aromatic heterocycles. The van der Waals surface area contributed by atoms with Crippen LogP contribution in [0.4, 0.5) is 0 Å². The van der Waals surface area contributed by atoms with Gasteiger partial charge in [-0.3, -0.25) is 0 Å². The summed E-state index contributed by atoms with van der Waals surface area (Å²) in [6.07, 6.45) is 0. The van der Waals surface area contributed by atoms with Crippen molar-refractivity contribution in [3.05, 3.63) is 188 Å². The Morgan fingerprint density at radius 2 is 0.902 bits per heavy atom. The Hall–Kier alpha value is -5.74. The van der Waals surface area contributed by atoms with Crippen molar-refractivity contribution in [2.75, 3.05) is 0 Å². The lowest BCUT2D eigenvalue weighted by atomic mass is 9.96. The van der Waals surface area contributed by atoms with Crippen LogP contribution in [0, 0.1) is 0 Å². The van der Waals surface area contributed by atoms with Crippen LogP contribution in [0.1, 0.15) is 0 Å². The van der Waals surface area contributed by atoms with Crippen LogP contribution in [-0.2, 0) is 0 Å². The Kier molecular flexibility index (Phi) is 7.41. The van der Waals surface area contributed by atoms with Gasteiger partial charge in [-0.15, -0.1) is 0 Å². The van der Waals surface area contributed by atoms with E-state index in [-0.39, 0.29) is 0 Å². The molecule has 0 amide bonds. The second-order valence-corrected chi connectivity index (χ2v) is 15.0. The molecule has 8 aromatic carbocycles. The summed E-state index contributed by atoms with van der Waals surface area (Å²) in [5, 5.41) is 2.53. The van der Waals surface area contributed by atoms with E-state index in [4.69, 9.17) is 0 Å². The molecule has 240 valence electrons. The van der Waals surface area contributed by atoms with Crippen LogP contribution >= 0.6 is 23.5 Å². The van der Waals surface area contributed by atoms with Crippen LogP contribution in [0.5, 0.6) is 0 Å². The molecule has 0 radical (unpaired) electrons. The Balaban J connectivity index is 1.25. The van der Waals surface area contributed by atoms with Crippen molar-refractivity contribution in [3.63, 3.8) is 0 Å². The van der Waals surface area contributed by atoms with Gasteiger partial charge in [0.25, 0.3) is 0 Å². The molecule has 1 nitrogen and oxygen atoms in total. The summed E-state index contributed by atoms with van der Waals surface area (Å²) in [4.78, 5) is 5.04. The minimum absolute atomic E-state index is 1.17. The SMILES string of the molecule is c1ccc(-c2cccc3c2Sc2cc(-c4cccc5c4c4ccccc4n5-c4ccccc4)ccc2-c2ccccc2Sc2ccccc2-3)cc1. The predicted molar refractivity (Wildman–Crippen MR) is 217 cm³/mol. The average molecular weight is 686 g/mol. The third kappa shape index (κ3) is 5.12. The lowest BCUT2D eigenvalue weighted by Gasteiger charge is -2.22. The maximum Gasteiger partial charge on any atom is 0.0547 e. The summed E-state index contributed by atoms with van der Waals surface area (Å²) in [7, 11) is 0. The van der Waals surface area contributed by atoms with Gasteiger partial charge in [-0.1, -0.05) is 169 Å². The first kappa shape index (κ1) is 30.1. The van der Waals surface area contributed by atoms with E-state index >= 15 is 0 Å². The van der Waals surface area contributed by atoms with Gasteiger partial charge in [-0.05, 0) is 87.0 Å². The summed E-state index contributed by atoms with van der Waals surface area (Å²) in [6, 6.07) is 68.7. The number of aromatic nitrogens is 1. The maximum atomic E-state index is 2.43. The molecule has 0 N–H and O–H groups in total. The lowest BCUT2D eigenvalue weighted by Crippen LogP contribution is -1.95. The van der Waals surface area contributed by atoms with E-state index in [0.29, 0.717) is 0 Å². The molecule has 0 unspecified atom stereocenters. The highest BCUT2D eigenvalue weighted by Gasteiger charge is 2.23. The van der Waals surface area contributed by atoms with Crippen LogP contribution in [0.3, 0.4) is 0 Å². The number of nitrogens with zero attached hydrogens (tertiary/aromatic N) is 1. The van der Waals surface area contributed by atoms with Crippen molar-refractivity contribution in [2.45, 2.75) is 19.6 Å². The zero-order chi connectivity index (χ0) is 33.7. The van der Waals surface area contributed by atoms with Crippen molar-refractivity contribution >= 4 is 45.3 Å². The Bertz CT molecular complexity index is 2740. The molecule has 0 spiro atoms. The van der Waals surface area contributed by atoms with Crippen LogP contribution in [-0.4, -0.2) is 4.57 Å². The number of rotatable bonds is 3. The van der Waals surface area contributed by atoms with Gasteiger partial charge in [0.05, 0.1) is 11.0 Å². The van der Waals surface area contributed by atoms with Gasteiger partial charge < -0.3 is 4.57 Å². The van der Waals surface area contributed by atoms with E-state index in [0.717, 1.165) is 0 Å². The quantitative estimate of drug-likeness (QED) is 0.182. The molecule has 1 aliphatic heterocycles. The Morgan fingerprint density at radius 1 is 0.333 bits per heavy atom. The normalized spacial score (nSPS) is 12.2. The van der Waals surface area contributed by atoms with Gasteiger partial charge >= 0.3 is 0 Å². The second kappa shape index (κ2) is 12.5. The summed E-state index contributed by atoms with van der Waals surface area (Å²) >= 11 is 3.75. The van der Waals surface area contributed by atoms with Gasteiger partial charge in [0.2, 0.25) is 0 Å². The van der Waals surface area contributed by atoms with Crippen molar-refractivity contribution in [3.8, 4) is 50.2 Å². The molecule has 0 saturated carbocycles. The molecule has 0 aliphatic carbocycles. The largest absolute Gasteiger partial charge is 0.309 e. The minimum Gasteiger partial charge on any atom is -0.309 e. The van der Waals surface area contributed by atoms with Gasteiger partial charge in [-0.2, -0.15) is 0 Å². The van der Waals surface area contributed by atoms with E-state index in [9.17, 15) is 0 Å². The minimum atomic E-state index is 1.17. The molecular formula is C48H31NS2. The maximum absolute atomic E-state index is 2.43. The first-order valence-corrected chi connectivity index (χ1v) is 18.9. The Labute approximate surface area is 306 Å². The fourth-order valence-electron chi connectivity index (χ4n) is 7.60. The molecule has 1 aliphatic rings. The smallest absolute Gasteiger partial charge is 0.0547 e. The first-order valence-electron chi connectivity index (χ1n) is 17.3. The van der Waals surface area contributed by atoms with Crippen LogP contribution in [0.2, 0.25) is 0 Å². The van der Waals surface area contributed by atoms with E-state index in [1.165, 1.54) is 91.6 Å². The van der Waals surface area contributed by atoms with E-state index in [1.807, 2.05) is 23.5 Å². The van der Waals surface area contributed by atoms with Crippen molar-refractivity contribution in [1.82, 2.24) is 4.57 Å². The molecule has 0 atom stereocenters. The molecule has 0 fully saturated rings. The van der Waals surface area contributed by atoms with E-state index < -0.39 is 0 Å². The molecular weight excluding hydrogens is 655 g/mol. The third-order valence-electron chi connectivity index (χ3n) is 9.89. The average Bonchev–Trinajstić information content (AvgIpc) is 3.54. The molecule has 10 rings (SSSR count). The van der Waals surface area contributed by atoms with Crippen molar-refractivity contribution in [2.24, 2.45) is 0 Å². The van der Waals surface area contributed by atoms with Crippen molar-refractivity contribution in [1.29, 1.82) is 0 Å². The summed E-state index contributed by atoms with van der Waals surface area (Å²) < 4.78 is 2.40. The molecule has 9 aromatic rings. The zero-order valence-electron chi connectivity index (χ0n) is 27.7. The molecule has 0 bridgehead atoms. The summed E-state index contributed by atoms with van der Waals surface area (Å²) in [5.74, 6) is 0. The summed E-state index contributed by atoms with van der Waals surface area (Å²) in [6.45, 7) is 0. The summed E-state index contributed by atoms with van der Waals surface area (Å²) in [5.41, 5.74) is 13.5. The molecule has 2 heterocycles. The number of hydrogen-bond donors (Lipinski definition) is 0. The fraction of sp³-hybridized carbons (Fsp3) is 0. The van der Waals surface area contributed by atoms with E-state index in [2.05, 4.69) is 193 Å². The predicted octanol–water partition coefficient (Wildman–Crippen LogP) is 14.1. The highest BCUT2D eigenvalue weighted by atomic mass is 32.2. The van der Waals surface area contributed by atoms with Gasteiger partial charge in [0.1, 0.15) is 0 Å². The van der Waals surface area contributed by atoms with Gasteiger partial charge in [0.15, 0.2) is 0 Å². The van der Waals surface area contributed by atoms with E-state index in [1.54, 1.807) is 0 Å². The number of para-hydroxylation sites is 2. The molecule has 3 heteroatoms. The van der Waals surface area contributed by atoms with Gasteiger partial charge in [0, 0.05) is 36.0 Å². The van der Waals surface area contributed by atoms with Crippen LogP contribution < -0.4 is 0 Å². The highest BCUT2D eigenvalue weighted by Crippen LogP contribution is 2.52. The topological polar surface area (TPSA) is 4.93 Å². The molecule has 51 heavy (non-hydrogen) atoms. The second-order valence-electron chi connectivity index (χ2n) is 12.8. The van der Waals surface area contributed by atoms with Crippen LogP contribution in [0.15, 0.2) is 208 Å². The fourth-order valence-corrected chi connectivity index (χ4v) is 9.98. The monoisotopic (exact) mass is 685 g/mol. The third-order valence-corrected chi connectivity index (χ3v) is 12.2. The van der Waals surface area contributed by atoms with Crippen molar-refractivity contribution < 1.29 is 0 Å². The lowest BCUT2D eigenvalue weighted by molar-refractivity contribution is 1.18. The molecule has 0 saturated heterocycles. The number of hydrogen-bond acceptors (Lipinski definition) is 2. The standard InChI is InChI=1S/C48H31NS2/c1-3-15-32(16-4-1)36-23-13-24-40-38-20-9-12-28-45(38)50-44-27-11-8-19-37(44)39-30-29-33(31-46(39)51-48(36)40)35-22-14-26-43-47(35)41-21-7-10-25-42(41)49(43)34-17-5-2-6-18-34/h1-31H. The zero-order valence-corrected chi connectivity index (χ0v) is 29.3. The first-order chi connectivity index (χ1) is 25.3. The number of fused-ring (bicyclic) bond motifs is 9. The van der Waals surface area contributed by atoms with Gasteiger partial charge in [-0.25, -0.2) is 0 Å². The number of benzene rings is 8.